The summed E-state index contributed by atoms with van der Waals surface area (Å²) in [6, 6.07) is 13.7. The molecule has 0 unspecified atom stereocenters. The lowest BCUT2D eigenvalue weighted by molar-refractivity contribution is -0.582. The van der Waals surface area contributed by atoms with Crippen molar-refractivity contribution >= 4 is 37.6 Å². The summed E-state index contributed by atoms with van der Waals surface area (Å²) in [5, 5.41) is 15.3. The lowest BCUT2D eigenvalue weighted by Gasteiger charge is -2.09. The fourth-order valence-corrected chi connectivity index (χ4v) is 2.59. The molecule has 17 heavy (non-hydrogen) atoms. The SMILES string of the molecule is Cc1c2ccccc2c2cc(Br)ccc2[n+]1[O-]. The lowest BCUT2D eigenvalue weighted by atomic mass is 10.0. The molecule has 0 saturated carbocycles. The van der Waals surface area contributed by atoms with Crippen LogP contribution in [0.5, 0.6) is 0 Å². The Kier molecular flexibility index (Phi) is 2.30. The van der Waals surface area contributed by atoms with Crippen molar-refractivity contribution in [2.75, 3.05) is 0 Å². The molecule has 3 aromatic rings. The third-order valence-electron chi connectivity index (χ3n) is 3.09. The molecular formula is C14H10BrNO. The molecule has 0 fully saturated rings. The van der Waals surface area contributed by atoms with E-state index in [4.69, 9.17) is 0 Å². The topological polar surface area (TPSA) is 26.9 Å². The van der Waals surface area contributed by atoms with Crippen molar-refractivity contribution in [2.24, 2.45) is 0 Å². The van der Waals surface area contributed by atoms with Crippen LogP contribution in [0.4, 0.5) is 0 Å². The summed E-state index contributed by atoms with van der Waals surface area (Å²) >= 11 is 3.45. The fourth-order valence-electron chi connectivity index (χ4n) is 2.22. The van der Waals surface area contributed by atoms with Gasteiger partial charge in [-0.2, -0.15) is 4.73 Å². The fraction of sp³-hybridized carbons (Fsp3) is 0.0714. The van der Waals surface area contributed by atoms with Gasteiger partial charge in [-0.15, -0.1) is 0 Å². The smallest absolute Gasteiger partial charge is 0.224 e. The molecular weight excluding hydrogens is 278 g/mol. The molecule has 3 heteroatoms. The van der Waals surface area contributed by atoms with Gasteiger partial charge >= 0.3 is 0 Å². The minimum Gasteiger partial charge on any atom is -0.618 e. The minimum absolute atomic E-state index is 0.712. The predicted octanol–water partition coefficient (Wildman–Crippen LogP) is 3.70. The summed E-state index contributed by atoms with van der Waals surface area (Å²) in [5.41, 5.74) is 1.46. The summed E-state index contributed by atoms with van der Waals surface area (Å²) in [7, 11) is 0. The van der Waals surface area contributed by atoms with Crippen molar-refractivity contribution in [3.63, 3.8) is 0 Å². The summed E-state index contributed by atoms with van der Waals surface area (Å²) in [5.74, 6) is 0. The lowest BCUT2D eigenvalue weighted by Crippen LogP contribution is -2.31. The second kappa shape index (κ2) is 3.70. The maximum atomic E-state index is 12.2. The Morgan fingerprint density at radius 3 is 2.47 bits per heavy atom. The molecule has 0 aliphatic rings. The van der Waals surface area contributed by atoms with Gasteiger partial charge in [-0.05, 0) is 18.2 Å². The van der Waals surface area contributed by atoms with Gasteiger partial charge in [0.05, 0.1) is 10.8 Å². The van der Waals surface area contributed by atoms with E-state index < -0.39 is 0 Å². The van der Waals surface area contributed by atoms with Gasteiger partial charge in [-0.25, -0.2) is 0 Å². The van der Waals surface area contributed by atoms with Crippen molar-refractivity contribution in [2.45, 2.75) is 6.92 Å². The zero-order valence-corrected chi connectivity index (χ0v) is 10.9. The van der Waals surface area contributed by atoms with Gasteiger partial charge in [-0.3, -0.25) is 0 Å². The number of hydrogen-bond acceptors (Lipinski definition) is 1. The van der Waals surface area contributed by atoms with Crippen LogP contribution in [0.2, 0.25) is 0 Å². The molecule has 2 nitrogen and oxygen atoms in total. The molecule has 3 rings (SSSR count). The Labute approximate surface area is 107 Å². The van der Waals surface area contributed by atoms with Crippen LogP contribution in [0, 0.1) is 12.1 Å². The Bertz CT molecular complexity index is 737. The van der Waals surface area contributed by atoms with Gasteiger partial charge in [0.15, 0.2) is 5.69 Å². The van der Waals surface area contributed by atoms with E-state index in [1.165, 1.54) is 0 Å². The number of fused-ring (bicyclic) bond motifs is 3. The second-order valence-electron chi connectivity index (χ2n) is 4.09. The van der Waals surface area contributed by atoms with Crippen LogP contribution in [-0.4, -0.2) is 0 Å². The van der Waals surface area contributed by atoms with E-state index >= 15 is 0 Å². The maximum absolute atomic E-state index is 12.2. The Morgan fingerprint density at radius 1 is 1.00 bits per heavy atom. The van der Waals surface area contributed by atoms with E-state index in [1.54, 1.807) is 0 Å². The summed E-state index contributed by atoms with van der Waals surface area (Å²) in [4.78, 5) is 0. The molecule has 1 aromatic heterocycles. The van der Waals surface area contributed by atoms with Gasteiger partial charge in [0.2, 0.25) is 5.52 Å². The van der Waals surface area contributed by atoms with E-state index in [0.717, 1.165) is 31.1 Å². The standard InChI is InChI=1S/C14H10BrNO/c1-9-11-4-2-3-5-12(11)13-8-10(15)6-7-14(13)16(9)17/h2-8H,1H3. The number of rotatable bonds is 0. The minimum atomic E-state index is 0.712. The molecule has 2 aromatic carbocycles. The van der Waals surface area contributed by atoms with Crippen molar-refractivity contribution in [3.05, 3.63) is 57.8 Å². The first-order valence-corrected chi connectivity index (χ1v) is 6.18. The van der Waals surface area contributed by atoms with Crippen LogP contribution in [0.25, 0.3) is 21.7 Å². The number of aryl methyl sites for hydroxylation is 1. The molecule has 0 N–H and O–H groups in total. The normalized spacial score (nSPS) is 11.2. The molecule has 0 amide bonds. The number of nitrogens with zero attached hydrogens (tertiary/aromatic N) is 1. The highest BCUT2D eigenvalue weighted by molar-refractivity contribution is 9.10. The van der Waals surface area contributed by atoms with Crippen LogP contribution < -0.4 is 4.73 Å². The Hall–Kier alpha value is -1.61. The predicted molar refractivity (Wildman–Crippen MR) is 72.9 cm³/mol. The van der Waals surface area contributed by atoms with E-state index in [2.05, 4.69) is 22.0 Å². The highest BCUT2D eigenvalue weighted by Gasteiger charge is 2.13. The van der Waals surface area contributed by atoms with Gasteiger partial charge < -0.3 is 5.21 Å². The van der Waals surface area contributed by atoms with Gasteiger partial charge in [0.25, 0.3) is 0 Å². The molecule has 84 valence electrons. The van der Waals surface area contributed by atoms with Crippen LogP contribution in [-0.2, 0) is 0 Å². The van der Waals surface area contributed by atoms with E-state index in [-0.39, 0.29) is 0 Å². The van der Waals surface area contributed by atoms with Crippen molar-refractivity contribution in [1.82, 2.24) is 0 Å². The van der Waals surface area contributed by atoms with Crippen LogP contribution in [0.1, 0.15) is 5.69 Å². The van der Waals surface area contributed by atoms with Gasteiger partial charge in [0, 0.05) is 22.8 Å². The first kappa shape index (κ1) is 10.5. The van der Waals surface area contributed by atoms with Crippen LogP contribution in [0.3, 0.4) is 0 Å². The zero-order chi connectivity index (χ0) is 12.0. The van der Waals surface area contributed by atoms with Gasteiger partial charge in [0.1, 0.15) is 0 Å². The Morgan fingerprint density at radius 2 is 1.71 bits per heavy atom. The summed E-state index contributed by atoms with van der Waals surface area (Å²) in [6.07, 6.45) is 0. The molecule has 0 aliphatic carbocycles. The van der Waals surface area contributed by atoms with Crippen molar-refractivity contribution < 1.29 is 4.73 Å². The van der Waals surface area contributed by atoms with Gasteiger partial charge in [-0.1, -0.05) is 34.1 Å². The molecule has 0 spiro atoms. The van der Waals surface area contributed by atoms with Crippen LogP contribution >= 0.6 is 15.9 Å². The average molecular weight is 288 g/mol. The average Bonchev–Trinajstić information content (AvgIpc) is 2.36. The zero-order valence-electron chi connectivity index (χ0n) is 9.27. The molecule has 0 radical (unpaired) electrons. The number of pyridine rings is 1. The summed E-state index contributed by atoms with van der Waals surface area (Å²) < 4.78 is 1.99. The molecule has 1 heterocycles. The molecule has 0 aliphatic heterocycles. The third kappa shape index (κ3) is 1.50. The Balaban J connectivity index is 2.66. The molecule has 0 bridgehead atoms. The van der Waals surface area contributed by atoms with Crippen molar-refractivity contribution in [3.8, 4) is 0 Å². The van der Waals surface area contributed by atoms with Crippen molar-refractivity contribution in [1.29, 1.82) is 0 Å². The second-order valence-corrected chi connectivity index (χ2v) is 5.00. The highest BCUT2D eigenvalue weighted by Crippen LogP contribution is 2.27. The maximum Gasteiger partial charge on any atom is 0.224 e. The highest BCUT2D eigenvalue weighted by atomic mass is 79.9. The van der Waals surface area contributed by atoms with E-state index in [9.17, 15) is 5.21 Å². The first-order chi connectivity index (χ1) is 8.18. The number of halogens is 1. The number of hydrogen-bond donors (Lipinski definition) is 0. The number of benzene rings is 2. The number of aromatic nitrogens is 1. The quantitative estimate of drug-likeness (QED) is 0.352. The molecule has 0 atom stereocenters. The third-order valence-corrected chi connectivity index (χ3v) is 3.58. The monoisotopic (exact) mass is 287 g/mol. The largest absolute Gasteiger partial charge is 0.618 e. The van der Waals surface area contributed by atoms with E-state index in [1.807, 2.05) is 43.3 Å². The van der Waals surface area contributed by atoms with Crippen LogP contribution in [0.15, 0.2) is 46.9 Å². The molecule has 0 saturated heterocycles. The van der Waals surface area contributed by atoms with E-state index in [0.29, 0.717) is 5.52 Å². The first-order valence-electron chi connectivity index (χ1n) is 5.38. The summed E-state index contributed by atoms with van der Waals surface area (Å²) in [6.45, 7) is 1.86.